The van der Waals surface area contributed by atoms with E-state index in [1.54, 1.807) is 12.1 Å². The van der Waals surface area contributed by atoms with Crippen molar-refractivity contribution in [3.8, 4) is 5.75 Å². The minimum Gasteiger partial charge on any atom is -0.508 e. The topological polar surface area (TPSA) is 91.0 Å². The molecule has 1 aliphatic carbocycles. The van der Waals surface area contributed by atoms with E-state index in [9.17, 15) is 9.90 Å². The average molecular weight is 383 g/mol. The Morgan fingerprint density at radius 3 is 2.64 bits per heavy atom. The van der Waals surface area contributed by atoms with Crippen molar-refractivity contribution in [3.63, 3.8) is 0 Å². The Bertz CT molecular complexity index is 878. The first kappa shape index (κ1) is 18.8. The Balaban J connectivity index is 1.60. The third-order valence-electron chi connectivity index (χ3n) is 5.90. The number of quaternary nitrogens is 1. The van der Waals surface area contributed by atoms with Gasteiger partial charge in [0.1, 0.15) is 12.3 Å². The standard InChI is InChI=1S/C21H26N4O3/c1-14-20-17(12-15(13-19(20)28)16-4-2-3-5-18(16)27)23-21(22-14)25-8-6-24(7-9-25)10-11-26/h2-5,15,26-27H,6-13H2,1H3/p+1/t15-/m0/s1. The number of ketones is 1. The summed E-state index contributed by atoms with van der Waals surface area (Å²) in [6.07, 6.45) is 1.00. The van der Waals surface area contributed by atoms with E-state index in [1.165, 1.54) is 4.90 Å². The highest BCUT2D eigenvalue weighted by Gasteiger charge is 2.32. The van der Waals surface area contributed by atoms with Crippen LogP contribution in [-0.4, -0.2) is 65.3 Å². The van der Waals surface area contributed by atoms with Crippen LogP contribution in [0.2, 0.25) is 0 Å². The number of aliphatic hydroxyl groups excluding tert-OH is 1. The van der Waals surface area contributed by atoms with Crippen molar-refractivity contribution in [1.82, 2.24) is 9.97 Å². The molecule has 148 valence electrons. The van der Waals surface area contributed by atoms with Crippen molar-refractivity contribution in [2.24, 2.45) is 0 Å². The highest BCUT2D eigenvalue weighted by atomic mass is 16.3. The van der Waals surface area contributed by atoms with Gasteiger partial charge >= 0.3 is 0 Å². The van der Waals surface area contributed by atoms with E-state index in [1.807, 2.05) is 19.1 Å². The van der Waals surface area contributed by atoms with Crippen molar-refractivity contribution >= 4 is 11.7 Å². The highest BCUT2D eigenvalue weighted by molar-refractivity contribution is 5.99. The van der Waals surface area contributed by atoms with Crippen LogP contribution in [0, 0.1) is 6.92 Å². The van der Waals surface area contributed by atoms with Crippen molar-refractivity contribution < 1.29 is 19.9 Å². The summed E-state index contributed by atoms with van der Waals surface area (Å²) in [5, 5.41) is 19.3. The van der Waals surface area contributed by atoms with Gasteiger partial charge in [-0.3, -0.25) is 4.79 Å². The van der Waals surface area contributed by atoms with Gasteiger partial charge in [-0.05, 0) is 25.0 Å². The number of aromatic nitrogens is 2. The maximum Gasteiger partial charge on any atom is 0.226 e. The molecule has 4 rings (SSSR count). The van der Waals surface area contributed by atoms with Gasteiger partial charge in [-0.25, -0.2) is 9.97 Å². The van der Waals surface area contributed by atoms with Crippen LogP contribution in [0.15, 0.2) is 24.3 Å². The number of nitrogens with one attached hydrogen (secondary N) is 1. The number of aliphatic hydroxyl groups is 1. The van der Waals surface area contributed by atoms with Gasteiger partial charge in [0.05, 0.1) is 49.7 Å². The number of anilines is 1. The van der Waals surface area contributed by atoms with Gasteiger partial charge in [0.25, 0.3) is 0 Å². The van der Waals surface area contributed by atoms with Gasteiger partial charge in [-0.2, -0.15) is 0 Å². The lowest BCUT2D eigenvalue weighted by molar-refractivity contribution is -0.900. The molecule has 0 saturated carbocycles. The normalized spacial score (nSPS) is 20.3. The number of carbonyl (C=O) groups is 1. The molecule has 0 radical (unpaired) electrons. The Labute approximate surface area is 164 Å². The second kappa shape index (κ2) is 7.85. The van der Waals surface area contributed by atoms with E-state index in [0.717, 1.165) is 49.7 Å². The molecule has 1 saturated heterocycles. The minimum atomic E-state index is -0.0609. The van der Waals surface area contributed by atoms with Crippen LogP contribution in [-0.2, 0) is 6.42 Å². The number of piperazine rings is 1. The molecule has 1 atom stereocenters. The Hall–Kier alpha value is -2.51. The predicted molar refractivity (Wildman–Crippen MR) is 105 cm³/mol. The first-order chi connectivity index (χ1) is 13.6. The molecule has 7 nitrogen and oxygen atoms in total. The second-order valence-electron chi connectivity index (χ2n) is 7.73. The molecule has 1 fully saturated rings. The van der Waals surface area contributed by atoms with Gasteiger partial charge in [-0.15, -0.1) is 0 Å². The summed E-state index contributed by atoms with van der Waals surface area (Å²) in [6, 6.07) is 7.23. The monoisotopic (exact) mass is 383 g/mol. The summed E-state index contributed by atoms with van der Waals surface area (Å²) in [5.41, 5.74) is 2.99. The Kier molecular flexibility index (Phi) is 5.28. The van der Waals surface area contributed by atoms with E-state index in [2.05, 4.69) is 9.88 Å². The molecule has 2 aliphatic rings. The number of benzene rings is 1. The number of fused-ring (bicyclic) bond motifs is 1. The molecule has 0 spiro atoms. The maximum atomic E-state index is 12.8. The summed E-state index contributed by atoms with van der Waals surface area (Å²) in [6.45, 7) is 6.43. The van der Waals surface area contributed by atoms with E-state index in [-0.39, 0.29) is 24.1 Å². The van der Waals surface area contributed by atoms with E-state index in [4.69, 9.17) is 10.1 Å². The fourth-order valence-electron chi connectivity index (χ4n) is 4.38. The number of phenols is 1. The summed E-state index contributed by atoms with van der Waals surface area (Å²) in [7, 11) is 0. The van der Waals surface area contributed by atoms with Crippen LogP contribution in [0.1, 0.15) is 39.6 Å². The van der Waals surface area contributed by atoms with Crippen LogP contribution in [0.25, 0.3) is 0 Å². The molecule has 1 aromatic heterocycles. The summed E-state index contributed by atoms with van der Waals surface area (Å²) in [4.78, 5) is 25.8. The Morgan fingerprint density at radius 1 is 1.18 bits per heavy atom. The number of aromatic hydroxyl groups is 1. The predicted octanol–water partition coefficient (Wildman–Crippen LogP) is 0.101. The number of phenolic OH excluding ortho intramolecular Hbond substituents is 1. The fraction of sp³-hybridized carbons (Fsp3) is 0.476. The Morgan fingerprint density at radius 2 is 1.93 bits per heavy atom. The quantitative estimate of drug-likeness (QED) is 0.694. The van der Waals surface area contributed by atoms with Crippen molar-refractivity contribution in [2.75, 3.05) is 44.2 Å². The highest BCUT2D eigenvalue weighted by Crippen LogP contribution is 2.37. The van der Waals surface area contributed by atoms with Crippen molar-refractivity contribution in [3.05, 3.63) is 46.8 Å². The van der Waals surface area contributed by atoms with Crippen molar-refractivity contribution in [2.45, 2.75) is 25.7 Å². The number of rotatable bonds is 4. The van der Waals surface area contributed by atoms with Crippen LogP contribution >= 0.6 is 0 Å². The molecule has 0 amide bonds. The molecule has 28 heavy (non-hydrogen) atoms. The summed E-state index contributed by atoms with van der Waals surface area (Å²) in [5.74, 6) is 0.910. The number of hydrogen-bond acceptors (Lipinski definition) is 6. The largest absolute Gasteiger partial charge is 0.508 e. The van der Waals surface area contributed by atoms with E-state index in [0.29, 0.717) is 24.4 Å². The third kappa shape index (κ3) is 3.59. The molecule has 2 aromatic rings. The summed E-state index contributed by atoms with van der Waals surface area (Å²) >= 11 is 0. The first-order valence-corrected chi connectivity index (χ1v) is 9.94. The first-order valence-electron chi connectivity index (χ1n) is 9.94. The fourth-order valence-corrected chi connectivity index (χ4v) is 4.38. The number of Topliss-reactive ketones (excluding diaryl/α,β-unsaturated/α-hetero) is 1. The smallest absolute Gasteiger partial charge is 0.226 e. The number of hydrogen-bond donors (Lipinski definition) is 3. The zero-order valence-corrected chi connectivity index (χ0v) is 16.2. The molecular weight excluding hydrogens is 356 g/mol. The maximum absolute atomic E-state index is 12.8. The lowest BCUT2D eigenvalue weighted by Crippen LogP contribution is -3.15. The van der Waals surface area contributed by atoms with Crippen LogP contribution in [0.5, 0.6) is 5.75 Å². The van der Waals surface area contributed by atoms with Gasteiger partial charge in [0, 0.05) is 12.3 Å². The summed E-state index contributed by atoms with van der Waals surface area (Å²) < 4.78 is 0. The lowest BCUT2D eigenvalue weighted by atomic mass is 9.81. The SMILES string of the molecule is Cc1nc(N2CC[NH+](CCO)CC2)nc2c1C(=O)C[C@@H](c1ccccc1O)C2. The van der Waals surface area contributed by atoms with E-state index < -0.39 is 0 Å². The van der Waals surface area contributed by atoms with Gasteiger partial charge in [0.2, 0.25) is 5.95 Å². The number of para-hydroxylation sites is 1. The third-order valence-corrected chi connectivity index (χ3v) is 5.90. The minimum absolute atomic E-state index is 0.0516. The van der Waals surface area contributed by atoms with Crippen LogP contribution in [0.3, 0.4) is 0 Å². The molecular formula is C21H27N4O3+. The van der Waals surface area contributed by atoms with Gasteiger partial charge in [-0.1, -0.05) is 18.2 Å². The molecule has 1 aromatic carbocycles. The van der Waals surface area contributed by atoms with Crippen molar-refractivity contribution in [1.29, 1.82) is 0 Å². The molecule has 1 aliphatic heterocycles. The number of nitrogens with zero attached hydrogens (tertiary/aromatic N) is 3. The molecule has 0 unspecified atom stereocenters. The number of aryl methyl sites for hydroxylation is 1. The van der Waals surface area contributed by atoms with Gasteiger partial charge < -0.3 is 20.0 Å². The molecule has 0 bridgehead atoms. The van der Waals surface area contributed by atoms with E-state index >= 15 is 0 Å². The molecule has 7 heteroatoms. The zero-order valence-electron chi connectivity index (χ0n) is 16.2. The van der Waals surface area contributed by atoms with Gasteiger partial charge in [0.15, 0.2) is 5.78 Å². The second-order valence-corrected chi connectivity index (χ2v) is 7.73. The van der Waals surface area contributed by atoms with Crippen LogP contribution < -0.4 is 9.80 Å². The average Bonchev–Trinajstić information content (AvgIpc) is 2.68. The zero-order chi connectivity index (χ0) is 19.7. The lowest BCUT2D eigenvalue weighted by Gasteiger charge is -2.33. The molecule has 2 heterocycles. The molecule has 3 N–H and O–H groups in total. The number of carbonyl (C=O) groups excluding carboxylic acids is 1. The van der Waals surface area contributed by atoms with Crippen LogP contribution in [0.4, 0.5) is 5.95 Å².